The van der Waals surface area contributed by atoms with Gasteiger partial charge in [0.15, 0.2) is 0 Å². The molecule has 2 aromatic carbocycles. The molecular formula is C15H16ClNO2. The van der Waals surface area contributed by atoms with Crippen molar-refractivity contribution in [2.45, 2.75) is 13.2 Å². The topological polar surface area (TPSA) is 41.5 Å². The van der Waals surface area contributed by atoms with Gasteiger partial charge in [0.2, 0.25) is 0 Å². The van der Waals surface area contributed by atoms with Gasteiger partial charge in [-0.05, 0) is 35.9 Å². The Morgan fingerprint density at radius 1 is 1.21 bits per heavy atom. The molecule has 3 nitrogen and oxygen atoms in total. The number of phenolic OH excluding ortho intramolecular Hbond substituents is 1. The SMILES string of the molecule is COCc1cccc(NCc2cc(Cl)ccc2O)c1. The van der Waals surface area contributed by atoms with Crippen molar-refractivity contribution in [1.82, 2.24) is 0 Å². The number of aromatic hydroxyl groups is 1. The van der Waals surface area contributed by atoms with Crippen molar-refractivity contribution in [1.29, 1.82) is 0 Å². The minimum Gasteiger partial charge on any atom is -0.508 e. The molecule has 0 radical (unpaired) electrons. The molecular weight excluding hydrogens is 262 g/mol. The van der Waals surface area contributed by atoms with Gasteiger partial charge in [-0.3, -0.25) is 0 Å². The molecule has 0 fully saturated rings. The van der Waals surface area contributed by atoms with Gasteiger partial charge in [0.25, 0.3) is 0 Å². The number of ether oxygens (including phenoxy) is 1. The molecule has 0 aromatic heterocycles. The van der Waals surface area contributed by atoms with Crippen molar-refractivity contribution in [3.63, 3.8) is 0 Å². The van der Waals surface area contributed by atoms with Crippen molar-refractivity contribution < 1.29 is 9.84 Å². The van der Waals surface area contributed by atoms with E-state index in [4.69, 9.17) is 16.3 Å². The van der Waals surface area contributed by atoms with Crippen LogP contribution in [-0.2, 0) is 17.9 Å². The number of anilines is 1. The van der Waals surface area contributed by atoms with Gasteiger partial charge in [-0.1, -0.05) is 23.7 Å². The molecule has 2 rings (SSSR count). The summed E-state index contributed by atoms with van der Waals surface area (Å²) in [5, 5.41) is 13.6. The van der Waals surface area contributed by atoms with Gasteiger partial charge in [-0.25, -0.2) is 0 Å². The van der Waals surface area contributed by atoms with Crippen LogP contribution in [0.4, 0.5) is 5.69 Å². The second kappa shape index (κ2) is 6.45. The lowest BCUT2D eigenvalue weighted by atomic mass is 10.1. The van der Waals surface area contributed by atoms with Crippen LogP contribution in [-0.4, -0.2) is 12.2 Å². The highest BCUT2D eigenvalue weighted by atomic mass is 35.5. The van der Waals surface area contributed by atoms with E-state index in [2.05, 4.69) is 5.32 Å². The molecule has 0 amide bonds. The van der Waals surface area contributed by atoms with Crippen LogP contribution in [0.2, 0.25) is 5.02 Å². The number of methoxy groups -OCH3 is 1. The van der Waals surface area contributed by atoms with Crippen molar-refractivity contribution >= 4 is 17.3 Å². The summed E-state index contributed by atoms with van der Waals surface area (Å²) in [5.74, 6) is 0.241. The zero-order valence-electron chi connectivity index (χ0n) is 10.7. The molecule has 0 saturated carbocycles. The van der Waals surface area contributed by atoms with Crippen LogP contribution in [0.3, 0.4) is 0 Å². The second-order valence-electron chi connectivity index (χ2n) is 4.26. The Bertz CT molecular complexity index is 558. The van der Waals surface area contributed by atoms with Crippen molar-refractivity contribution in [2.24, 2.45) is 0 Å². The summed E-state index contributed by atoms with van der Waals surface area (Å²) in [6.45, 7) is 1.10. The number of nitrogens with one attached hydrogen (secondary N) is 1. The zero-order valence-corrected chi connectivity index (χ0v) is 11.4. The zero-order chi connectivity index (χ0) is 13.7. The van der Waals surface area contributed by atoms with E-state index in [0.717, 1.165) is 16.8 Å². The summed E-state index contributed by atoms with van der Waals surface area (Å²) in [7, 11) is 1.67. The number of halogens is 1. The van der Waals surface area contributed by atoms with Gasteiger partial charge < -0.3 is 15.2 Å². The molecule has 0 unspecified atom stereocenters. The van der Waals surface area contributed by atoms with E-state index in [-0.39, 0.29) is 5.75 Å². The lowest BCUT2D eigenvalue weighted by Crippen LogP contribution is -2.00. The molecule has 0 spiro atoms. The van der Waals surface area contributed by atoms with Crippen LogP contribution >= 0.6 is 11.6 Å². The van der Waals surface area contributed by atoms with Gasteiger partial charge >= 0.3 is 0 Å². The summed E-state index contributed by atoms with van der Waals surface area (Å²) in [6.07, 6.45) is 0. The van der Waals surface area contributed by atoms with E-state index < -0.39 is 0 Å². The minimum absolute atomic E-state index is 0.241. The molecule has 2 N–H and O–H groups in total. The highest BCUT2D eigenvalue weighted by Gasteiger charge is 2.02. The molecule has 2 aromatic rings. The monoisotopic (exact) mass is 277 g/mol. The van der Waals surface area contributed by atoms with Crippen LogP contribution in [0.25, 0.3) is 0 Å². The fraction of sp³-hybridized carbons (Fsp3) is 0.200. The number of phenols is 1. The Hall–Kier alpha value is -1.71. The Morgan fingerprint density at radius 3 is 2.84 bits per heavy atom. The van der Waals surface area contributed by atoms with Crippen molar-refractivity contribution in [3.05, 3.63) is 58.6 Å². The summed E-state index contributed by atoms with van der Waals surface area (Å²) >= 11 is 5.91. The van der Waals surface area contributed by atoms with Crippen molar-refractivity contribution in [2.75, 3.05) is 12.4 Å². The largest absolute Gasteiger partial charge is 0.508 e. The molecule has 4 heteroatoms. The first-order valence-electron chi connectivity index (χ1n) is 5.98. The number of hydrogen-bond acceptors (Lipinski definition) is 3. The highest BCUT2D eigenvalue weighted by Crippen LogP contribution is 2.22. The number of rotatable bonds is 5. The molecule has 0 aliphatic heterocycles. The Morgan fingerprint density at radius 2 is 2.05 bits per heavy atom. The van der Waals surface area contributed by atoms with Gasteiger partial charge in [-0.15, -0.1) is 0 Å². The van der Waals surface area contributed by atoms with Crippen LogP contribution in [0.1, 0.15) is 11.1 Å². The van der Waals surface area contributed by atoms with Gasteiger partial charge in [-0.2, -0.15) is 0 Å². The van der Waals surface area contributed by atoms with Gasteiger partial charge in [0.1, 0.15) is 5.75 Å². The second-order valence-corrected chi connectivity index (χ2v) is 4.70. The maximum absolute atomic E-state index is 9.73. The third-order valence-corrected chi connectivity index (χ3v) is 3.00. The Balaban J connectivity index is 2.05. The Kier molecular flexibility index (Phi) is 4.66. The Labute approximate surface area is 117 Å². The van der Waals surface area contributed by atoms with Crippen molar-refractivity contribution in [3.8, 4) is 5.75 Å². The maximum Gasteiger partial charge on any atom is 0.120 e. The van der Waals surface area contributed by atoms with Crippen LogP contribution in [0.5, 0.6) is 5.75 Å². The molecule has 0 saturated heterocycles. The third-order valence-electron chi connectivity index (χ3n) is 2.76. The summed E-state index contributed by atoms with van der Waals surface area (Å²) in [5.41, 5.74) is 2.85. The average Bonchev–Trinajstić information content (AvgIpc) is 2.41. The average molecular weight is 278 g/mol. The fourth-order valence-corrected chi connectivity index (χ4v) is 2.03. The molecule has 0 atom stereocenters. The summed E-state index contributed by atoms with van der Waals surface area (Å²) in [4.78, 5) is 0. The fourth-order valence-electron chi connectivity index (χ4n) is 1.83. The molecule has 0 heterocycles. The van der Waals surface area contributed by atoms with Gasteiger partial charge in [0.05, 0.1) is 6.61 Å². The maximum atomic E-state index is 9.73. The predicted molar refractivity (Wildman–Crippen MR) is 77.6 cm³/mol. The van der Waals surface area contributed by atoms with E-state index in [1.54, 1.807) is 25.3 Å². The third kappa shape index (κ3) is 3.88. The predicted octanol–water partition coefficient (Wildman–Crippen LogP) is 3.80. The first kappa shape index (κ1) is 13.7. The van der Waals surface area contributed by atoms with Crippen LogP contribution in [0, 0.1) is 0 Å². The van der Waals surface area contributed by atoms with E-state index in [0.29, 0.717) is 18.2 Å². The van der Waals surface area contributed by atoms with E-state index in [1.165, 1.54) is 0 Å². The highest BCUT2D eigenvalue weighted by molar-refractivity contribution is 6.30. The molecule has 0 aliphatic rings. The lowest BCUT2D eigenvalue weighted by Gasteiger charge is -2.10. The summed E-state index contributed by atoms with van der Waals surface area (Å²) in [6, 6.07) is 13.0. The van der Waals surface area contributed by atoms with E-state index in [9.17, 15) is 5.11 Å². The molecule has 0 bridgehead atoms. The molecule has 100 valence electrons. The molecule has 0 aliphatic carbocycles. The van der Waals surface area contributed by atoms with Crippen LogP contribution < -0.4 is 5.32 Å². The van der Waals surface area contributed by atoms with E-state index in [1.807, 2.05) is 24.3 Å². The number of benzene rings is 2. The standard InChI is InChI=1S/C15H16ClNO2/c1-19-10-11-3-2-4-14(7-11)17-9-12-8-13(16)5-6-15(12)18/h2-8,17-18H,9-10H2,1H3. The quantitative estimate of drug-likeness (QED) is 0.873. The van der Waals surface area contributed by atoms with Gasteiger partial charge in [0, 0.05) is 29.9 Å². The lowest BCUT2D eigenvalue weighted by molar-refractivity contribution is 0.185. The first-order valence-corrected chi connectivity index (χ1v) is 6.36. The molecule has 19 heavy (non-hydrogen) atoms. The minimum atomic E-state index is 0.241. The summed E-state index contributed by atoms with van der Waals surface area (Å²) < 4.78 is 5.10. The van der Waals surface area contributed by atoms with Crippen LogP contribution in [0.15, 0.2) is 42.5 Å². The first-order chi connectivity index (χ1) is 9.19. The smallest absolute Gasteiger partial charge is 0.120 e. The van der Waals surface area contributed by atoms with E-state index >= 15 is 0 Å². The normalized spacial score (nSPS) is 10.4. The number of hydrogen-bond donors (Lipinski definition) is 2.